The van der Waals surface area contributed by atoms with Gasteiger partial charge in [-0.25, -0.2) is 4.99 Å². The van der Waals surface area contributed by atoms with Crippen LogP contribution in [-0.4, -0.2) is 31.0 Å². The number of carbonyl (C=O) groups is 1. The van der Waals surface area contributed by atoms with Crippen molar-refractivity contribution in [2.24, 2.45) is 10.7 Å². The van der Waals surface area contributed by atoms with Gasteiger partial charge in [-0.15, -0.1) is 11.3 Å². The van der Waals surface area contributed by atoms with Gasteiger partial charge in [0.05, 0.1) is 5.56 Å². The van der Waals surface area contributed by atoms with E-state index in [1.165, 1.54) is 11.3 Å². The van der Waals surface area contributed by atoms with Gasteiger partial charge in [0, 0.05) is 17.5 Å². The number of benzene rings is 1. The van der Waals surface area contributed by atoms with Gasteiger partial charge < -0.3 is 16.4 Å². The number of thiophene rings is 1. The maximum absolute atomic E-state index is 12.8. The zero-order valence-corrected chi connectivity index (χ0v) is 15.0. The molecular weight excluding hydrogens is 348 g/mol. The molecule has 1 amide bonds. The minimum absolute atomic E-state index is 0.0395. The minimum Gasteiger partial charge on any atom is -0.369 e. The fraction of sp³-hybridized carbons (Fsp3) is 0.278. The molecule has 1 fully saturated rings. The summed E-state index contributed by atoms with van der Waals surface area (Å²) in [6, 6.07) is 11.7. The van der Waals surface area contributed by atoms with Crippen molar-refractivity contribution in [3.63, 3.8) is 0 Å². The highest BCUT2D eigenvalue weighted by molar-refractivity contribution is 7.19. The number of guanidine groups is 1. The molecule has 1 aliphatic heterocycles. The Kier molecular flexibility index (Phi) is 5.84. The van der Waals surface area contributed by atoms with Crippen LogP contribution in [0.25, 0.3) is 10.4 Å². The van der Waals surface area contributed by atoms with Crippen LogP contribution in [0.4, 0.5) is 5.00 Å². The lowest BCUT2D eigenvalue weighted by molar-refractivity contribution is 0.0932. The van der Waals surface area contributed by atoms with Crippen LogP contribution in [0.15, 0.2) is 41.4 Å². The van der Waals surface area contributed by atoms with Crippen molar-refractivity contribution in [1.82, 2.24) is 16.0 Å². The Morgan fingerprint density at radius 2 is 2.19 bits per heavy atom. The maximum atomic E-state index is 12.8. The number of carbonyl (C=O) groups excluding carboxylic acids is 1. The second kappa shape index (κ2) is 8.47. The van der Waals surface area contributed by atoms with E-state index in [-0.39, 0.29) is 17.9 Å². The monoisotopic (exact) mass is 368 g/mol. The molecule has 0 spiro atoms. The summed E-state index contributed by atoms with van der Waals surface area (Å²) < 4.78 is 0. The Balaban J connectivity index is 1.90. The normalized spacial score (nSPS) is 17.3. The second-order valence-corrected chi connectivity index (χ2v) is 6.98. The molecule has 0 saturated carbocycles. The lowest BCUT2D eigenvalue weighted by atomic mass is 10.1. The molecule has 1 aromatic carbocycles. The molecule has 0 unspecified atom stereocenters. The SMILES string of the molecule is N#CN/C(N)=N/c1sc(-c2ccccc2)cc1C(=O)N[C@@H]1CCCNC1. The first kappa shape index (κ1) is 17.9. The van der Waals surface area contributed by atoms with Crippen LogP contribution >= 0.6 is 11.3 Å². The Morgan fingerprint density at radius 1 is 1.38 bits per heavy atom. The quantitative estimate of drug-likeness (QED) is 0.285. The average molecular weight is 368 g/mol. The van der Waals surface area contributed by atoms with Gasteiger partial charge in [0.15, 0.2) is 6.19 Å². The van der Waals surface area contributed by atoms with Crippen LogP contribution in [0.2, 0.25) is 0 Å². The van der Waals surface area contributed by atoms with E-state index in [1.54, 1.807) is 6.19 Å². The molecule has 7 nitrogen and oxygen atoms in total. The first-order chi connectivity index (χ1) is 12.7. The third-order valence-corrected chi connectivity index (χ3v) is 5.13. The molecule has 2 aromatic rings. The van der Waals surface area contributed by atoms with Crippen molar-refractivity contribution in [3.05, 3.63) is 42.0 Å². The second-order valence-electron chi connectivity index (χ2n) is 5.95. The molecule has 3 rings (SSSR count). The largest absolute Gasteiger partial charge is 0.369 e. The number of hydrogen-bond acceptors (Lipinski definition) is 5. The zero-order valence-electron chi connectivity index (χ0n) is 14.2. The highest BCUT2D eigenvalue weighted by Gasteiger charge is 2.21. The van der Waals surface area contributed by atoms with Crippen molar-refractivity contribution in [3.8, 4) is 16.6 Å². The van der Waals surface area contributed by atoms with E-state index in [1.807, 2.05) is 36.4 Å². The van der Waals surface area contributed by atoms with Gasteiger partial charge in [-0.05, 0) is 31.0 Å². The first-order valence-electron chi connectivity index (χ1n) is 8.37. The number of nitrogens with two attached hydrogens (primary N) is 1. The van der Waals surface area contributed by atoms with E-state index in [2.05, 4.69) is 20.9 Å². The molecule has 8 heteroatoms. The molecular formula is C18H20N6OS. The van der Waals surface area contributed by atoms with Gasteiger partial charge in [-0.2, -0.15) is 5.26 Å². The minimum atomic E-state index is -0.180. The van der Waals surface area contributed by atoms with E-state index in [4.69, 9.17) is 11.0 Å². The predicted molar refractivity (Wildman–Crippen MR) is 103 cm³/mol. The summed E-state index contributed by atoms with van der Waals surface area (Å²) in [6.07, 6.45) is 3.72. The Bertz CT molecular complexity index is 833. The Morgan fingerprint density at radius 3 is 2.88 bits per heavy atom. The number of piperidine rings is 1. The number of nitrogens with one attached hydrogen (secondary N) is 3. The molecule has 134 valence electrons. The molecule has 0 aliphatic carbocycles. The van der Waals surface area contributed by atoms with Gasteiger partial charge in [0.2, 0.25) is 5.96 Å². The van der Waals surface area contributed by atoms with Gasteiger partial charge in [-0.1, -0.05) is 30.3 Å². The van der Waals surface area contributed by atoms with Gasteiger partial charge in [0.1, 0.15) is 5.00 Å². The van der Waals surface area contributed by atoms with Crippen molar-refractivity contribution in [2.75, 3.05) is 13.1 Å². The van der Waals surface area contributed by atoms with E-state index < -0.39 is 0 Å². The molecule has 5 N–H and O–H groups in total. The first-order valence-corrected chi connectivity index (χ1v) is 9.19. The number of amides is 1. The van der Waals surface area contributed by atoms with Crippen molar-refractivity contribution >= 4 is 28.2 Å². The molecule has 1 aliphatic rings. The Hall–Kier alpha value is -2.89. The fourth-order valence-electron chi connectivity index (χ4n) is 2.80. The number of nitrogens with zero attached hydrogens (tertiary/aromatic N) is 2. The standard InChI is InChI=1S/C18H20N6OS/c19-11-22-18(20)24-17-14(16(25)23-13-7-4-8-21-10-13)9-15(26-17)12-5-2-1-3-6-12/h1-3,5-6,9,13,21H,4,7-8,10H2,(H,23,25)(H3,20,22,24)/t13-/m1/s1. The van der Waals surface area contributed by atoms with Crippen LogP contribution < -0.4 is 21.7 Å². The summed E-state index contributed by atoms with van der Waals surface area (Å²) in [7, 11) is 0. The predicted octanol–water partition coefficient (Wildman–Crippen LogP) is 1.91. The summed E-state index contributed by atoms with van der Waals surface area (Å²) in [5.41, 5.74) is 7.16. The molecule has 0 bridgehead atoms. The van der Waals surface area contributed by atoms with Gasteiger partial charge >= 0.3 is 0 Å². The van der Waals surface area contributed by atoms with E-state index >= 15 is 0 Å². The Labute approximate surface area is 155 Å². The van der Waals surface area contributed by atoms with Crippen molar-refractivity contribution < 1.29 is 4.79 Å². The smallest absolute Gasteiger partial charge is 0.254 e. The molecule has 0 radical (unpaired) electrons. The highest BCUT2D eigenvalue weighted by Crippen LogP contribution is 2.37. The number of rotatable bonds is 4. The summed E-state index contributed by atoms with van der Waals surface area (Å²) in [5, 5.41) is 17.8. The lowest BCUT2D eigenvalue weighted by Crippen LogP contribution is -2.45. The molecule has 1 atom stereocenters. The van der Waals surface area contributed by atoms with Crippen LogP contribution in [0.1, 0.15) is 23.2 Å². The topological polar surface area (TPSA) is 115 Å². The summed E-state index contributed by atoms with van der Waals surface area (Å²) in [6.45, 7) is 1.74. The number of hydrogen-bond donors (Lipinski definition) is 4. The number of nitriles is 1. The van der Waals surface area contributed by atoms with Gasteiger partial charge in [0.25, 0.3) is 5.91 Å². The fourth-order valence-corrected chi connectivity index (χ4v) is 3.85. The number of aliphatic imine (C=N–C) groups is 1. The summed E-state index contributed by atoms with van der Waals surface area (Å²) >= 11 is 1.36. The molecule has 26 heavy (non-hydrogen) atoms. The average Bonchev–Trinajstić information content (AvgIpc) is 3.07. The van der Waals surface area contributed by atoms with E-state index in [0.29, 0.717) is 10.6 Å². The van der Waals surface area contributed by atoms with Crippen LogP contribution in [0.5, 0.6) is 0 Å². The van der Waals surface area contributed by atoms with E-state index in [9.17, 15) is 4.79 Å². The van der Waals surface area contributed by atoms with Crippen molar-refractivity contribution in [1.29, 1.82) is 5.26 Å². The van der Waals surface area contributed by atoms with Gasteiger partial charge in [-0.3, -0.25) is 10.1 Å². The summed E-state index contributed by atoms with van der Waals surface area (Å²) in [4.78, 5) is 17.9. The molecule has 2 heterocycles. The van der Waals surface area contributed by atoms with Crippen LogP contribution in [-0.2, 0) is 0 Å². The van der Waals surface area contributed by atoms with Crippen LogP contribution in [0, 0.1) is 11.5 Å². The lowest BCUT2D eigenvalue weighted by Gasteiger charge is -2.23. The van der Waals surface area contributed by atoms with Crippen LogP contribution in [0.3, 0.4) is 0 Å². The highest BCUT2D eigenvalue weighted by atomic mass is 32.1. The zero-order chi connectivity index (χ0) is 18.4. The molecule has 1 aromatic heterocycles. The summed E-state index contributed by atoms with van der Waals surface area (Å²) in [5.74, 6) is -0.219. The van der Waals surface area contributed by atoms with Crippen molar-refractivity contribution in [2.45, 2.75) is 18.9 Å². The third-order valence-electron chi connectivity index (χ3n) is 4.05. The maximum Gasteiger partial charge on any atom is 0.254 e. The molecule has 1 saturated heterocycles. The van der Waals surface area contributed by atoms with E-state index in [0.717, 1.165) is 36.4 Å². The third kappa shape index (κ3) is 4.39.